The van der Waals surface area contributed by atoms with Crippen molar-refractivity contribution in [2.45, 2.75) is 30.5 Å². The number of pyridine rings is 1. The number of hydrogen-bond acceptors (Lipinski definition) is 6. The molecule has 2 heterocycles. The number of carbonyl (C=O) groups is 1. The third-order valence-electron chi connectivity index (χ3n) is 4.84. The number of nitrogens with zero attached hydrogens (tertiary/aromatic N) is 4. The standard InChI is InChI=1S/C24H21F2N5O2S/c1-16(22(32)28-19-7-9-20(10-8-19)33-23(25)26)34-24-30-29-21(18-11-13-27-14-12-18)31(24)15-17-5-3-2-4-6-17/h2-14,16,23H,15H2,1H3,(H,28,32). The average molecular weight is 482 g/mol. The molecular formula is C24H21F2N5O2S. The summed E-state index contributed by atoms with van der Waals surface area (Å²) in [6.45, 7) is -0.600. The van der Waals surface area contributed by atoms with Crippen LogP contribution in [0.2, 0.25) is 0 Å². The summed E-state index contributed by atoms with van der Waals surface area (Å²) in [4.78, 5) is 16.8. The van der Waals surface area contributed by atoms with Crippen LogP contribution < -0.4 is 10.1 Å². The van der Waals surface area contributed by atoms with E-state index in [0.29, 0.717) is 23.2 Å². The van der Waals surface area contributed by atoms with Crippen molar-refractivity contribution < 1.29 is 18.3 Å². The van der Waals surface area contributed by atoms with Crippen molar-refractivity contribution in [3.8, 4) is 17.1 Å². The van der Waals surface area contributed by atoms with Crippen LogP contribution in [0.3, 0.4) is 0 Å². The van der Waals surface area contributed by atoms with E-state index in [1.807, 2.05) is 47.0 Å². The van der Waals surface area contributed by atoms with Crippen LogP contribution in [0, 0.1) is 0 Å². The van der Waals surface area contributed by atoms with Gasteiger partial charge in [0.25, 0.3) is 0 Å². The minimum Gasteiger partial charge on any atom is -0.435 e. The van der Waals surface area contributed by atoms with Crippen LogP contribution in [0.25, 0.3) is 11.4 Å². The number of amides is 1. The molecule has 2 aromatic heterocycles. The van der Waals surface area contributed by atoms with E-state index in [1.54, 1.807) is 19.3 Å². The molecule has 2 aromatic carbocycles. The molecule has 174 valence electrons. The summed E-state index contributed by atoms with van der Waals surface area (Å²) in [5, 5.41) is 11.6. The van der Waals surface area contributed by atoms with Gasteiger partial charge >= 0.3 is 6.61 Å². The molecule has 0 radical (unpaired) electrons. The first-order valence-corrected chi connectivity index (χ1v) is 11.3. The van der Waals surface area contributed by atoms with Gasteiger partial charge < -0.3 is 10.1 Å². The Kier molecular flexibility index (Phi) is 7.48. The predicted octanol–water partition coefficient (Wildman–Crippen LogP) is 5.11. The second-order valence-electron chi connectivity index (χ2n) is 7.27. The van der Waals surface area contributed by atoms with Gasteiger partial charge in [-0.15, -0.1) is 10.2 Å². The molecule has 0 aliphatic heterocycles. The quantitative estimate of drug-likeness (QED) is 0.335. The molecule has 1 unspecified atom stereocenters. The fourth-order valence-electron chi connectivity index (χ4n) is 3.17. The van der Waals surface area contributed by atoms with Crippen molar-refractivity contribution in [2.75, 3.05) is 5.32 Å². The molecule has 0 fully saturated rings. The molecule has 0 spiro atoms. The molecule has 4 aromatic rings. The maximum atomic E-state index is 12.8. The molecular weight excluding hydrogens is 460 g/mol. The largest absolute Gasteiger partial charge is 0.435 e. The summed E-state index contributed by atoms with van der Waals surface area (Å²) in [5.74, 6) is 0.441. The first-order chi connectivity index (χ1) is 16.5. The van der Waals surface area contributed by atoms with Crippen LogP contribution in [-0.4, -0.2) is 37.5 Å². The van der Waals surface area contributed by atoms with Gasteiger partial charge in [0.1, 0.15) is 5.75 Å². The molecule has 1 amide bonds. The molecule has 34 heavy (non-hydrogen) atoms. The number of anilines is 1. The minimum atomic E-state index is -2.90. The van der Waals surface area contributed by atoms with Crippen molar-refractivity contribution in [2.24, 2.45) is 0 Å². The first-order valence-electron chi connectivity index (χ1n) is 10.4. The summed E-state index contributed by atoms with van der Waals surface area (Å²) in [5.41, 5.74) is 2.42. The molecule has 10 heteroatoms. The smallest absolute Gasteiger partial charge is 0.387 e. The highest BCUT2D eigenvalue weighted by atomic mass is 32.2. The van der Waals surface area contributed by atoms with Crippen molar-refractivity contribution in [3.05, 3.63) is 84.7 Å². The Balaban J connectivity index is 1.51. The Bertz CT molecular complexity index is 1220. The van der Waals surface area contributed by atoms with E-state index in [4.69, 9.17) is 0 Å². The van der Waals surface area contributed by atoms with E-state index in [9.17, 15) is 13.6 Å². The lowest BCUT2D eigenvalue weighted by Gasteiger charge is -2.14. The van der Waals surface area contributed by atoms with E-state index in [-0.39, 0.29) is 11.7 Å². The van der Waals surface area contributed by atoms with Crippen LogP contribution in [0.5, 0.6) is 5.75 Å². The van der Waals surface area contributed by atoms with Gasteiger partial charge in [-0.25, -0.2) is 0 Å². The molecule has 0 aliphatic carbocycles. The second-order valence-corrected chi connectivity index (χ2v) is 8.57. The summed E-state index contributed by atoms with van der Waals surface area (Å²) in [7, 11) is 0. The van der Waals surface area contributed by atoms with Crippen LogP contribution in [0.15, 0.2) is 84.3 Å². The molecule has 0 saturated carbocycles. The van der Waals surface area contributed by atoms with Gasteiger partial charge in [0.05, 0.1) is 11.8 Å². The Morgan fingerprint density at radius 3 is 2.41 bits per heavy atom. The number of halogens is 2. The normalized spacial score (nSPS) is 11.9. The Labute approximate surface area is 199 Å². The SMILES string of the molecule is CC(Sc1nnc(-c2ccncc2)n1Cc1ccccc1)C(=O)Nc1ccc(OC(F)F)cc1. The van der Waals surface area contributed by atoms with Gasteiger partial charge in [0.2, 0.25) is 5.91 Å². The highest BCUT2D eigenvalue weighted by Crippen LogP contribution is 2.28. The Morgan fingerprint density at radius 1 is 1.03 bits per heavy atom. The van der Waals surface area contributed by atoms with Gasteiger partial charge in [0.15, 0.2) is 11.0 Å². The number of carbonyl (C=O) groups excluding carboxylic acids is 1. The van der Waals surface area contributed by atoms with Crippen LogP contribution >= 0.6 is 11.8 Å². The Morgan fingerprint density at radius 2 is 1.74 bits per heavy atom. The minimum absolute atomic E-state index is 0.0214. The van der Waals surface area contributed by atoms with Crippen molar-refractivity contribution in [3.63, 3.8) is 0 Å². The summed E-state index contributed by atoms with van der Waals surface area (Å²) in [6.07, 6.45) is 3.38. The average Bonchev–Trinajstić information content (AvgIpc) is 3.23. The summed E-state index contributed by atoms with van der Waals surface area (Å²) >= 11 is 1.28. The molecule has 0 saturated heterocycles. The molecule has 7 nitrogen and oxygen atoms in total. The monoisotopic (exact) mass is 481 g/mol. The zero-order valence-electron chi connectivity index (χ0n) is 18.1. The highest BCUT2D eigenvalue weighted by Gasteiger charge is 2.21. The Hall–Kier alpha value is -3.79. The topological polar surface area (TPSA) is 81.9 Å². The molecule has 4 rings (SSSR count). The number of hydrogen-bond donors (Lipinski definition) is 1. The lowest BCUT2D eigenvalue weighted by atomic mass is 10.2. The van der Waals surface area contributed by atoms with Crippen molar-refractivity contribution in [1.29, 1.82) is 0 Å². The van der Waals surface area contributed by atoms with E-state index in [0.717, 1.165) is 11.1 Å². The van der Waals surface area contributed by atoms with Crippen molar-refractivity contribution >= 4 is 23.4 Å². The number of rotatable bonds is 9. The molecule has 0 bridgehead atoms. The number of aromatic nitrogens is 4. The maximum Gasteiger partial charge on any atom is 0.387 e. The zero-order chi connectivity index (χ0) is 23.9. The van der Waals surface area contributed by atoms with E-state index in [1.165, 1.54) is 36.0 Å². The third kappa shape index (κ3) is 5.96. The third-order valence-corrected chi connectivity index (χ3v) is 5.92. The lowest BCUT2D eigenvalue weighted by molar-refractivity contribution is -0.115. The summed E-state index contributed by atoms with van der Waals surface area (Å²) in [6, 6.07) is 19.4. The highest BCUT2D eigenvalue weighted by molar-refractivity contribution is 8.00. The second kappa shape index (κ2) is 10.9. The molecule has 0 aliphatic rings. The lowest BCUT2D eigenvalue weighted by Crippen LogP contribution is -2.23. The van der Waals surface area contributed by atoms with E-state index >= 15 is 0 Å². The fraction of sp³-hybridized carbons (Fsp3) is 0.167. The summed E-state index contributed by atoms with van der Waals surface area (Å²) < 4.78 is 30.9. The number of alkyl halides is 2. The van der Waals surface area contributed by atoms with E-state index in [2.05, 4.69) is 25.2 Å². The molecule has 1 N–H and O–H groups in total. The zero-order valence-corrected chi connectivity index (χ0v) is 19.0. The van der Waals surface area contributed by atoms with E-state index < -0.39 is 11.9 Å². The number of benzene rings is 2. The number of ether oxygens (including phenoxy) is 1. The van der Waals surface area contributed by atoms with Gasteiger partial charge in [-0.1, -0.05) is 42.1 Å². The fourth-order valence-corrected chi connectivity index (χ4v) is 4.02. The van der Waals surface area contributed by atoms with Gasteiger partial charge in [-0.05, 0) is 48.9 Å². The predicted molar refractivity (Wildman–Crippen MR) is 126 cm³/mol. The number of thioether (sulfide) groups is 1. The van der Waals surface area contributed by atoms with Gasteiger partial charge in [-0.2, -0.15) is 8.78 Å². The van der Waals surface area contributed by atoms with Crippen LogP contribution in [-0.2, 0) is 11.3 Å². The first kappa shape index (κ1) is 23.4. The van der Waals surface area contributed by atoms with Gasteiger partial charge in [-0.3, -0.25) is 14.3 Å². The van der Waals surface area contributed by atoms with Crippen LogP contribution in [0.1, 0.15) is 12.5 Å². The number of nitrogens with one attached hydrogen (secondary N) is 1. The van der Waals surface area contributed by atoms with Gasteiger partial charge in [0, 0.05) is 23.6 Å². The van der Waals surface area contributed by atoms with Crippen molar-refractivity contribution in [1.82, 2.24) is 19.7 Å². The molecule has 1 atom stereocenters. The maximum absolute atomic E-state index is 12.8. The van der Waals surface area contributed by atoms with Crippen LogP contribution in [0.4, 0.5) is 14.5 Å².